The monoisotopic (exact) mass is 361 g/mol. The van der Waals surface area contributed by atoms with Crippen LogP contribution in [0.25, 0.3) is 11.3 Å². The van der Waals surface area contributed by atoms with Crippen molar-refractivity contribution < 1.29 is 22.4 Å². The highest BCUT2D eigenvalue weighted by Crippen LogP contribution is 2.37. The van der Waals surface area contributed by atoms with E-state index >= 15 is 0 Å². The first-order valence-electron chi connectivity index (χ1n) is 7.70. The first-order valence-corrected chi connectivity index (χ1v) is 7.70. The average Bonchev–Trinajstić information content (AvgIpc) is 3.11. The number of carbonyl (C=O) groups is 1. The molecule has 0 radical (unpaired) electrons. The predicted octanol–water partition coefficient (Wildman–Crippen LogP) is 4.25. The van der Waals surface area contributed by atoms with Gasteiger partial charge >= 0.3 is 6.18 Å². The molecule has 1 N–H and O–H groups in total. The topological polar surface area (TPSA) is 68.0 Å². The molecule has 8 heteroatoms. The summed E-state index contributed by atoms with van der Waals surface area (Å²) in [6, 6.07) is 9.66. The molecule has 26 heavy (non-hydrogen) atoms. The zero-order valence-electron chi connectivity index (χ0n) is 13.6. The molecule has 3 rings (SSSR count). The van der Waals surface area contributed by atoms with E-state index in [2.05, 4.69) is 15.3 Å². The van der Waals surface area contributed by atoms with Gasteiger partial charge in [-0.25, -0.2) is 4.98 Å². The zero-order valence-corrected chi connectivity index (χ0v) is 13.6. The second-order valence-corrected chi connectivity index (χ2v) is 5.52. The lowest BCUT2D eigenvalue weighted by Crippen LogP contribution is -2.28. The van der Waals surface area contributed by atoms with Crippen LogP contribution in [0.4, 0.5) is 13.2 Å². The fraction of sp³-hybridized carbons (Fsp3) is 0.167. The van der Waals surface area contributed by atoms with Crippen LogP contribution in [0.3, 0.4) is 0 Å². The molecule has 1 atom stereocenters. The molecule has 0 saturated heterocycles. The minimum absolute atomic E-state index is 0.218. The molecular weight excluding hydrogens is 347 g/mol. The normalized spacial score (nSPS) is 12.6. The maximum Gasteiger partial charge on any atom is 0.417 e. The van der Waals surface area contributed by atoms with Crippen LogP contribution in [0.1, 0.15) is 34.7 Å². The van der Waals surface area contributed by atoms with E-state index in [0.29, 0.717) is 5.69 Å². The van der Waals surface area contributed by atoms with Crippen molar-refractivity contribution in [1.29, 1.82) is 0 Å². The molecule has 1 amide bonds. The number of hydrogen-bond acceptors (Lipinski definition) is 4. The lowest BCUT2D eigenvalue weighted by atomic mass is 10.0. The number of nitrogens with zero attached hydrogens (tertiary/aromatic N) is 2. The third-order valence-corrected chi connectivity index (χ3v) is 3.74. The molecule has 0 unspecified atom stereocenters. The first-order chi connectivity index (χ1) is 12.4. The average molecular weight is 361 g/mol. The van der Waals surface area contributed by atoms with Gasteiger partial charge in [-0.3, -0.25) is 9.78 Å². The Balaban J connectivity index is 1.91. The summed E-state index contributed by atoms with van der Waals surface area (Å²) in [5.74, 6) is -0.882. The fourth-order valence-corrected chi connectivity index (χ4v) is 2.50. The van der Waals surface area contributed by atoms with Crippen LogP contribution in [0, 0.1) is 0 Å². The Labute approximate surface area is 146 Å². The molecule has 3 aromatic rings. The number of pyridine rings is 1. The van der Waals surface area contributed by atoms with Gasteiger partial charge < -0.3 is 9.73 Å². The van der Waals surface area contributed by atoms with E-state index in [1.165, 1.54) is 18.2 Å². The van der Waals surface area contributed by atoms with Gasteiger partial charge in [0.05, 0.1) is 17.3 Å². The summed E-state index contributed by atoms with van der Waals surface area (Å²) >= 11 is 0. The molecule has 2 aromatic heterocycles. The molecule has 1 aromatic carbocycles. The number of alkyl halides is 3. The first kappa shape index (κ1) is 17.7. The summed E-state index contributed by atoms with van der Waals surface area (Å²) in [5, 5.41) is 2.66. The van der Waals surface area contributed by atoms with Crippen LogP contribution in [0.15, 0.2) is 59.5 Å². The summed E-state index contributed by atoms with van der Waals surface area (Å²) in [7, 11) is 0. The lowest BCUT2D eigenvalue weighted by molar-refractivity contribution is -0.137. The number of nitrogens with one attached hydrogen (secondary N) is 1. The number of oxazole rings is 1. The summed E-state index contributed by atoms with van der Waals surface area (Å²) < 4.78 is 44.8. The Morgan fingerprint density at radius 3 is 2.54 bits per heavy atom. The molecule has 0 bridgehead atoms. The van der Waals surface area contributed by atoms with Crippen LogP contribution >= 0.6 is 0 Å². The van der Waals surface area contributed by atoms with Crippen molar-refractivity contribution >= 4 is 5.91 Å². The fourth-order valence-electron chi connectivity index (χ4n) is 2.50. The van der Waals surface area contributed by atoms with E-state index in [4.69, 9.17) is 4.42 Å². The standard InChI is InChI=1S/C18H14F3N3O2/c1-11(14-8-4-5-9-22-14)24-17(25)15-16(26-10-23-15)12-6-2-3-7-13(12)18(19,20)21/h2-11H,1H3,(H,24,25)/t11-/m1/s1. The van der Waals surface area contributed by atoms with Crippen LogP contribution in [0.5, 0.6) is 0 Å². The van der Waals surface area contributed by atoms with Gasteiger partial charge in [0.15, 0.2) is 17.8 Å². The third-order valence-electron chi connectivity index (χ3n) is 3.74. The third kappa shape index (κ3) is 3.58. The Kier molecular flexibility index (Phi) is 4.75. The second-order valence-electron chi connectivity index (χ2n) is 5.52. The van der Waals surface area contributed by atoms with E-state index in [1.54, 1.807) is 31.3 Å². The molecule has 0 aliphatic heterocycles. The summed E-state index contributed by atoms with van der Waals surface area (Å²) in [5.41, 5.74) is -0.747. The van der Waals surface area contributed by atoms with Crippen molar-refractivity contribution in [2.24, 2.45) is 0 Å². The number of halogens is 3. The second kappa shape index (κ2) is 6.99. The molecule has 134 valence electrons. The molecule has 0 fully saturated rings. The minimum Gasteiger partial charge on any atom is -0.443 e. The molecule has 2 heterocycles. The van der Waals surface area contributed by atoms with Gasteiger partial charge in [-0.1, -0.05) is 24.3 Å². The van der Waals surface area contributed by atoms with E-state index in [0.717, 1.165) is 12.5 Å². The lowest BCUT2D eigenvalue weighted by Gasteiger charge is -2.14. The molecule has 5 nitrogen and oxygen atoms in total. The largest absolute Gasteiger partial charge is 0.443 e. The number of aromatic nitrogens is 2. The molecular formula is C18H14F3N3O2. The van der Waals surface area contributed by atoms with Crippen molar-refractivity contribution in [3.8, 4) is 11.3 Å². The van der Waals surface area contributed by atoms with Crippen LogP contribution < -0.4 is 5.32 Å². The van der Waals surface area contributed by atoms with Gasteiger partial charge in [-0.05, 0) is 25.1 Å². The number of benzene rings is 1. The Bertz CT molecular complexity index is 907. The molecule has 0 saturated carbocycles. The maximum absolute atomic E-state index is 13.2. The molecule has 0 aliphatic rings. The molecule has 0 aliphatic carbocycles. The van der Waals surface area contributed by atoms with Gasteiger partial charge in [0.25, 0.3) is 5.91 Å². The van der Waals surface area contributed by atoms with Gasteiger partial charge in [-0.2, -0.15) is 13.2 Å². The Morgan fingerprint density at radius 2 is 1.85 bits per heavy atom. The number of carbonyl (C=O) groups excluding carboxylic acids is 1. The van der Waals surface area contributed by atoms with Gasteiger partial charge in [0.1, 0.15) is 0 Å². The predicted molar refractivity (Wildman–Crippen MR) is 87.1 cm³/mol. The molecule has 0 spiro atoms. The Morgan fingerprint density at radius 1 is 1.12 bits per heavy atom. The number of rotatable bonds is 4. The van der Waals surface area contributed by atoms with Crippen molar-refractivity contribution in [2.75, 3.05) is 0 Å². The highest BCUT2D eigenvalue weighted by molar-refractivity contribution is 5.98. The van der Waals surface area contributed by atoms with Gasteiger partial charge in [0, 0.05) is 11.8 Å². The van der Waals surface area contributed by atoms with E-state index in [-0.39, 0.29) is 17.0 Å². The SMILES string of the molecule is C[C@@H](NC(=O)c1ncoc1-c1ccccc1C(F)(F)F)c1ccccn1. The number of hydrogen-bond donors (Lipinski definition) is 1. The summed E-state index contributed by atoms with van der Waals surface area (Å²) in [4.78, 5) is 20.4. The smallest absolute Gasteiger partial charge is 0.417 e. The van der Waals surface area contributed by atoms with Crippen molar-refractivity contribution in [1.82, 2.24) is 15.3 Å². The van der Waals surface area contributed by atoms with Crippen LogP contribution in [-0.4, -0.2) is 15.9 Å². The summed E-state index contributed by atoms with van der Waals surface area (Å²) in [6.07, 6.45) is -2.06. The van der Waals surface area contributed by atoms with E-state index in [1.807, 2.05) is 0 Å². The minimum atomic E-state index is -4.58. The number of amides is 1. The van der Waals surface area contributed by atoms with Gasteiger partial charge in [0.2, 0.25) is 0 Å². The van der Waals surface area contributed by atoms with Gasteiger partial charge in [-0.15, -0.1) is 0 Å². The van der Waals surface area contributed by atoms with Crippen LogP contribution in [-0.2, 0) is 6.18 Å². The van der Waals surface area contributed by atoms with Crippen LogP contribution in [0.2, 0.25) is 0 Å². The Hall–Kier alpha value is -3.16. The van der Waals surface area contributed by atoms with Crippen molar-refractivity contribution in [3.05, 3.63) is 72.0 Å². The van der Waals surface area contributed by atoms with E-state index in [9.17, 15) is 18.0 Å². The summed E-state index contributed by atoms with van der Waals surface area (Å²) in [6.45, 7) is 1.71. The highest BCUT2D eigenvalue weighted by Gasteiger charge is 2.35. The zero-order chi connectivity index (χ0) is 18.7. The maximum atomic E-state index is 13.2. The van der Waals surface area contributed by atoms with E-state index < -0.39 is 23.7 Å². The quantitative estimate of drug-likeness (QED) is 0.754. The highest BCUT2D eigenvalue weighted by atomic mass is 19.4. The van der Waals surface area contributed by atoms with Crippen molar-refractivity contribution in [3.63, 3.8) is 0 Å². The van der Waals surface area contributed by atoms with Crippen molar-refractivity contribution in [2.45, 2.75) is 19.1 Å².